The van der Waals surface area contributed by atoms with Crippen molar-refractivity contribution in [3.63, 3.8) is 0 Å². The molecular weight excluding hydrogens is 224 g/mol. The first-order valence-corrected chi connectivity index (χ1v) is 6.43. The smallest absolute Gasteiger partial charge is 0.248 e. The zero-order valence-corrected chi connectivity index (χ0v) is 10.0. The Morgan fingerprint density at radius 1 is 1.28 bits per heavy atom. The van der Waals surface area contributed by atoms with Gasteiger partial charge >= 0.3 is 0 Å². The molecule has 3 heterocycles. The summed E-state index contributed by atoms with van der Waals surface area (Å²) in [5.74, 6) is 0. The van der Waals surface area contributed by atoms with Crippen LogP contribution in [0.15, 0.2) is 35.1 Å². The van der Waals surface area contributed by atoms with Gasteiger partial charge in [0, 0.05) is 24.3 Å². The Morgan fingerprint density at radius 3 is 3.17 bits per heavy atom. The molecule has 3 nitrogen and oxygen atoms in total. The molecule has 1 aromatic carbocycles. The predicted molar refractivity (Wildman–Crippen MR) is 74.0 cm³/mol. The quantitative estimate of drug-likeness (QED) is 0.765. The van der Waals surface area contributed by atoms with Gasteiger partial charge in [-0.1, -0.05) is 12.2 Å². The summed E-state index contributed by atoms with van der Waals surface area (Å²) in [6.45, 7) is 1.12. The summed E-state index contributed by atoms with van der Waals surface area (Å²) in [5, 5.41) is 1.09. The van der Waals surface area contributed by atoms with Crippen LogP contribution in [0.2, 0.25) is 0 Å². The van der Waals surface area contributed by atoms with Crippen molar-refractivity contribution in [1.29, 1.82) is 0 Å². The molecule has 1 aromatic heterocycles. The number of nitrogens with one attached hydrogen (secondary N) is 1. The van der Waals surface area contributed by atoms with Crippen LogP contribution < -0.4 is 10.5 Å². The first kappa shape index (κ1) is 9.95. The zero-order chi connectivity index (χ0) is 12.1. The number of nitrogens with zero attached hydrogens (tertiary/aromatic N) is 1. The third kappa shape index (κ3) is 1.33. The van der Waals surface area contributed by atoms with Crippen LogP contribution in [0.4, 0.5) is 5.69 Å². The number of aromatic amines is 1. The number of aromatic nitrogens is 1. The number of benzene rings is 1. The number of hydrogen-bond donors (Lipinski definition) is 1. The number of pyridine rings is 1. The summed E-state index contributed by atoms with van der Waals surface area (Å²) in [7, 11) is 0. The topological polar surface area (TPSA) is 36.1 Å². The molecule has 4 rings (SSSR count). The molecule has 1 N–H and O–H groups in total. The van der Waals surface area contributed by atoms with Gasteiger partial charge in [0.25, 0.3) is 0 Å². The molecule has 0 amide bonds. The summed E-state index contributed by atoms with van der Waals surface area (Å²) in [6.07, 6.45) is 7.00. The van der Waals surface area contributed by atoms with Crippen LogP contribution in [0, 0.1) is 0 Å². The van der Waals surface area contributed by atoms with Crippen molar-refractivity contribution in [3.05, 3.63) is 46.3 Å². The summed E-state index contributed by atoms with van der Waals surface area (Å²) >= 11 is 0. The molecule has 1 saturated heterocycles. The van der Waals surface area contributed by atoms with Crippen molar-refractivity contribution >= 4 is 22.7 Å². The average Bonchev–Trinajstić information content (AvgIpc) is 2.85. The molecule has 18 heavy (non-hydrogen) atoms. The molecule has 2 aliphatic rings. The normalized spacial score (nSPS) is 21.1. The third-order valence-electron chi connectivity index (χ3n) is 3.98. The number of rotatable bonds is 0. The molecule has 1 atom stereocenters. The largest absolute Gasteiger partial charge is 0.365 e. The molecule has 1 unspecified atom stereocenters. The lowest BCUT2D eigenvalue weighted by molar-refractivity contribution is 0.802. The second-order valence-corrected chi connectivity index (χ2v) is 5.08. The van der Waals surface area contributed by atoms with Gasteiger partial charge in [0.15, 0.2) is 0 Å². The van der Waals surface area contributed by atoms with Gasteiger partial charge < -0.3 is 9.88 Å². The molecule has 0 saturated carbocycles. The van der Waals surface area contributed by atoms with E-state index in [0.717, 1.165) is 17.4 Å². The van der Waals surface area contributed by atoms with Crippen molar-refractivity contribution in [2.45, 2.75) is 18.9 Å². The maximum Gasteiger partial charge on any atom is 0.248 e. The third-order valence-corrected chi connectivity index (χ3v) is 3.98. The minimum absolute atomic E-state index is 0.0354. The van der Waals surface area contributed by atoms with E-state index in [1.807, 2.05) is 6.07 Å². The first-order valence-electron chi connectivity index (χ1n) is 6.43. The van der Waals surface area contributed by atoms with E-state index < -0.39 is 0 Å². The highest BCUT2D eigenvalue weighted by molar-refractivity contribution is 5.89. The van der Waals surface area contributed by atoms with Gasteiger partial charge in [0.05, 0.1) is 5.52 Å². The van der Waals surface area contributed by atoms with Crippen LogP contribution in [0.3, 0.4) is 0 Å². The zero-order valence-electron chi connectivity index (χ0n) is 10.0. The van der Waals surface area contributed by atoms with Gasteiger partial charge in [-0.15, -0.1) is 0 Å². The Bertz CT molecular complexity index is 714. The predicted octanol–water partition coefficient (Wildman–Crippen LogP) is 2.52. The highest BCUT2D eigenvalue weighted by Crippen LogP contribution is 2.36. The Hall–Kier alpha value is -2.03. The molecule has 0 spiro atoms. The minimum atomic E-state index is -0.0354. The fourth-order valence-corrected chi connectivity index (χ4v) is 3.10. The minimum Gasteiger partial charge on any atom is -0.365 e. The van der Waals surface area contributed by atoms with Crippen LogP contribution in [-0.2, 0) is 0 Å². The highest BCUT2D eigenvalue weighted by Gasteiger charge is 2.26. The highest BCUT2D eigenvalue weighted by atomic mass is 16.1. The molecule has 0 aliphatic carbocycles. The molecule has 2 aromatic rings. The molecular formula is C15H14N2O. The van der Waals surface area contributed by atoms with Crippen molar-refractivity contribution in [2.24, 2.45) is 0 Å². The van der Waals surface area contributed by atoms with Crippen molar-refractivity contribution < 1.29 is 0 Å². The van der Waals surface area contributed by atoms with E-state index in [1.165, 1.54) is 24.1 Å². The molecule has 3 heteroatoms. The first-order chi connectivity index (χ1) is 8.81. The van der Waals surface area contributed by atoms with Crippen LogP contribution in [0.5, 0.6) is 0 Å². The van der Waals surface area contributed by atoms with E-state index >= 15 is 0 Å². The van der Waals surface area contributed by atoms with E-state index in [1.54, 1.807) is 6.07 Å². The second kappa shape index (κ2) is 3.48. The van der Waals surface area contributed by atoms with Gasteiger partial charge in [-0.3, -0.25) is 4.79 Å². The lowest BCUT2D eigenvalue weighted by Crippen LogP contribution is -2.30. The van der Waals surface area contributed by atoms with Crippen molar-refractivity contribution in [1.82, 2.24) is 4.98 Å². The summed E-state index contributed by atoms with van der Waals surface area (Å²) in [5.41, 5.74) is 3.41. The lowest BCUT2D eigenvalue weighted by atomic mass is 10.0. The van der Waals surface area contributed by atoms with E-state index in [9.17, 15) is 4.79 Å². The number of hydrogen-bond acceptors (Lipinski definition) is 2. The fourth-order valence-electron chi connectivity index (χ4n) is 3.10. The Labute approximate surface area is 105 Å². The molecule has 90 valence electrons. The van der Waals surface area contributed by atoms with Gasteiger partial charge in [-0.25, -0.2) is 0 Å². The summed E-state index contributed by atoms with van der Waals surface area (Å²) in [6, 6.07) is 8.29. The van der Waals surface area contributed by atoms with Gasteiger partial charge in [0.2, 0.25) is 5.56 Å². The van der Waals surface area contributed by atoms with E-state index in [2.05, 4.69) is 34.2 Å². The SMILES string of the molecule is O=c1ccc2cc3c(cc2[nH]1)N1CCCC1C=C3. The molecule has 2 aliphatic heterocycles. The number of fused-ring (bicyclic) bond motifs is 4. The molecule has 1 fully saturated rings. The second-order valence-electron chi connectivity index (χ2n) is 5.08. The van der Waals surface area contributed by atoms with Crippen LogP contribution in [0.1, 0.15) is 18.4 Å². The van der Waals surface area contributed by atoms with E-state index in [0.29, 0.717) is 6.04 Å². The van der Waals surface area contributed by atoms with Gasteiger partial charge in [-0.05, 0) is 42.0 Å². The maximum absolute atomic E-state index is 11.4. The Kier molecular flexibility index (Phi) is 1.92. The van der Waals surface area contributed by atoms with E-state index in [-0.39, 0.29) is 5.56 Å². The fraction of sp³-hybridized carbons (Fsp3) is 0.267. The average molecular weight is 238 g/mol. The van der Waals surface area contributed by atoms with Gasteiger partial charge in [0.1, 0.15) is 0 Å². The number of H-pyrrole nitrogens is 1. The van der Waals surface area contributed by atoms with E-state index in [4.69, 9.17) is 0 Å². The summed E-state index contributed by atoms with van der Waals surface area (Å²) in [4.78, 5) is 16.8. The maximum atomic E-state index is 11.4. The van der Waals surface area contributed by atoms with Gasteiger partial charge in [-0.2, -0.15) is 0 Å². The molecule has 0 bridgehead atoms. The Balaban J connectivity index is 1.99. The van der Waals surface area contributed by atoms with Crippen LogP contribution in [-0.4, -0.2) is 17.6 Å². The lowest BCUT2D eigenvalue weighted by Gasteiger charge is -2.30. The summed E-state index contributed by atoms with van der Waals surface area (Å²) < 4.78 is 0. The van der Waals surface area contributed by atoms with Crippen molar-refractivity contribution in [2.75, 3.05) is 11.4 Å². The van der Waals surface area contributed by atoms with Crippen LogP contribution in [0.25, 0.3) is 17.0 Å². The standard InChI is InChI=1S/C15H14N2O/c18-15-6-4-10-8-11-3-5-12-2-1-7-17(12)14(11)9-13(10)16-15/h3-6,8-9,12H,1-2,7H2,(H,16,18). The van der Waals surface area contributed by atoms with Crippen molar-refractivity contribution in [3.8, 4) is 0 Å². The van der Waals surface area contributed by atoms with Crippen LogP contribution >= 0.6 is 0 Å². The number of anilines is 1. The monoisotopic (exact) mass is 238 g/mol. The Morgan fingerprint density at radius 2 is 2.22 bits per heavy atom. The molecule has 0 radical (unpaired) electrons.